The summed E-state index contributed by atoms with van der Waals surface area (Å²) in [5.74, 6) is 0. The molecule has 0 unspecified atom stereocenters. The molecule has 0 N–H and O–H groups in total. The fourth-order valence-corrected chi connectivity index (χ4v) is 2.02. The minimum Gasteiger partial charge on any atom is -0.352 e. The molecule has 0 saturated carbocycles. The lowest BCUT2D eigenvalue weighted by molar-refractivity contribution is 0.0149. The van der Waals surface area contributed by atoms with Crippen LogP contribution in [0.3, 0.4) is 0 Å². The summed E-state index contributed by atoms with van der Waals surface area (Å²) in [6.07, 6.45) is 4.12. The molecular weight excluding hydrogens is 164 g/mol. The van der Waals surface area contributed by atoms with Gasteiger partial charge >= 0.3 is 0 Å². The van der Waals surface area contributed by atoms with Crippen LogP contribution in [0.2, 0.25) is 0 Å². The van der Waals surface area contributed by atoms with E-state index in [0.717, 1.165) is 0 Å². The van der Waals surface area contributed by atoms with Gasteiger partial charge in [0.1, 0.15) is 4.77 Å². The molecule has 0 spiro atoms. The molecule has 0 bridgehead atoms. The zero-order valence-corrected chi connectivity index (χ0v) is 8.94. The van der Waals surface area contributed by atoms with Crippen LogP contribution in [0, 0.1) is 0 Å². The lowest BCUT2D eigenvalue weighted by Gasteiger charge is -2.24. The summed E-state index contributed by atoms with van der Waals surface area (Å²) in [7, 11) is 0. The average molecular weight is 180 g/mol. The number of hydrogen-bond donors (Lipinski definition) is 0. The van der Waals surface area contributed by atoms with Crippen molar-refractivity contribution < 1.29 is 4.74 Å². The molecule has 0 rings (SSSR count). The van der Waals surface area contributed by atoms with Crippen LogP contribution in [0.15, 0.2) is 0 Å². The van der Waals surface area contributed by atoms with Crippen molar-refractivity contribution in [3.8, 4) is 0 Å². The predicted octanol–water partition coefficient (Wildman–Crippen LogP) is 2.81. The molecule has 3 heteroatoms. The van der Waals surface area contributed by atoms with E-state index in [9.17, 15) is 0 Å². The van der Waals surface area contributed by atoms with Crippen LogP contribution in [0.5, 0.6) is 0 Å². The summed E-state index contributed by atoms with van der Waals surface area (Å²) in [6, 6.07) is 0. The van der Waals surface area contributed by atoms with Crippen molar-refractivity contribution in [2.45, 2.75) is 31.1 Å². The molecule has 0 radical (unpaired) electrons. The summed E-state index contributed by atoms with van der Waals surface area (Å²) in [5, 5.41) is 0. The normalized spacial score (nSPS) is 12.6. The fourth-order valence-electron chi connectivity index (χ4n) is 0.481. The second-order valence-corrected chi connectivity index (χ2v) is 5.09. The van der Waals surface area contributed by atoms with Crippen molar-refractivity contribution in [2.24, 2.45) is 0 Å². The van der Waals surface area contributed by atoms with Crippen molar-refractivity contribution in [1.82, 2.24) is 0 Å². The number of ether oxygens (including phenoxy) is 1. The van der Waals surface area contributed by atoms with Gasteiger partial charge < -0.3 is 4.74 Å². The first kappa shape index (κ1) is 10.7. The molecule has 0 aromatic heterocycles. The van der Waals surface area contributed by atoms with E-state index in [1.54, 1.807) is 23.5 Å². The maximum absolute atomic E-state index is 5.66. The lowest BCUT2D eigenvalue weighted by atomic mass is 10.2. The van der Waals surface area contributed by atoms with Gasteiger partial charge in [0.05, 0.1) is 5.60 Å². The molecule has 0 heterocycles. The fraction of sp³-hybridized carbons (Fsp3) is 1.00. The van der Waals surface area contributed by atoms with Crippen LogP contribution in [0.25, 0.3) is 0 Å². The third-order valence-electron chi connectivity index (χ3n) is 0.835. The van der Waals surface area contributed by atoms with Crippen molar-refractivity contribution in [1.29, 1.82) is 0 Å². The van der Waals surface area contributed by atoms with E-state index in [-0.39, 0.29) is 10.4 Å². The molecule has 0 aliphatic heterocycles. The van der Waals surface area contributed by atoms with Crippen LogP contribution < -0.4 is 0 Å². The summed E-state index contributed by atoms with van der Waals surface area (Å²) in [5.41, 5.74) is -0.0172. The maximum atomic E-state index is 5.66. The van der Waals surface area contributed by atoms with Gasteiger partial charge in [-0.15, -0.1) is 23.5 Å². The largest absolute Gasteiger partial charge is 0.352 e. The van der Waals surface area contributed by atoms with Gasteiger partial charge in [-0.2, -0.15) is 0 Å². The van der Waals surface area contributed by atoms with E-state index in [2.05, 4.69) is 33.3 Å². The SMILES string of the molecule is CSC(OC(C)(C)C)SC. The topological polar surface area (TPSA) is 9.23 Å². The van der Waals surface area contributed by atoms with Crippen molar-refractivity contribution in [3.05, 3.63) is 0 Å². The van der Waals surface area contributed by atoms with Gasteiger partial charge in [-0.3, -0.25) is 0 Å². The quantitative estimate of drug-likeness (QED) is 0.618. The Morgan fingerprint density at radius 3 is 1.60 bits per heavy atom. The van der Waals surface area contributed by atoms with Crippen molar-refractivity contribution >= 4 is 23.5 Å². The van der Waals surface area contributed by atoms with Gasteiger partial charge in [-0.25, -0.2) is 0 Å². The molecule has 0 amide bonds. The Kier molecular flexibility index (Phi) is 4.82. The highest BCUT2D eigenvalue weighted by atomic mass is 32.2. The lowest BCUT2D eigenvalue weighted by Crippen LogP contribution is -2.23. The Labute approximate surface area is 72.3 Å². The van der Waals surface area contributed by atoms with E-state index in [1.807, 2.05) is 0 Å². The maximum Gasteiger partial charge on any atom is 0.149 e. The summed E-state index contributed by atoms with van der Waals surface area (Å²) >= 11 is 3.48. The second kappa shape index (κ2) is 4.52. The molecule has 0 atom stereocenters. The molecule has 0 fully saturated rings. The first-order valence-corrected chi connectivity index (χ1v) is 5.80. The Hall–Kier alpha value is 0.660. The van der Waals surface area contributed by atoms with Crippen molar-refractivity contribution in [3.63, 3.8) is 0 Å². The molecule has 0 aromatic rings. The van der Waals surface area contributed by atoms with Crippen LogP contribution >= 0.6 is 23.5 Å². The van der Waals surface area contributed by atoms with E-state index >= 15 is 0 Å². The highest BCUT2D eigenvalue weighted by Crippen LogP contribution is 2.25. The monoisotopic (exact) mass is 180 g/mol. The van der Waals surface area contributed by atoms with Gasteiger partial charge in [0, 0.05) is 0 Å². The third kappa shape index (κ3) is 5.45. The minimum absolute atomic E-state index is 0.0172. The molecule has 1 nitrogen and oxygen atoms in total. The number of hydrogen-bond acceptors (Lipinski definition) is 3. The predicted molar refractivity (Wildman–Crippen MR) is 51.7 cm³/mol. The van der Waals surface area contributed by atoms with Gasteiger partial charge in [0.2, 0.25) is 0 Å². The van der Waals surface area contributed by atoms with Gasteiger partial charge in [-0.1, -0.05) is 0 Å². The van der Waals surface area contributed by atoms with E-state index in [4.69, 9.17) is 4.74 Å². The van der Waals surface area contributed by atoms with Gasteiger partial charge in [-0.05, 0) is 33.3 Å². The van der Waals surface area contributed by atoms with Crippen LogP contribution in [-0.2, 0) is 4.74 Å². The smallest absolute Gasteiger partial charge is 0.149 e. The number of rotatable bonds is 3. The molecular formula is C7H16OS2. The highest BCUT2D eigenvalue weighted by molar-refractivity contribution is 8.16. The summed E-state index contributed by atoms with van der Waals surface area (Å²) < 4.78 is 5.94. The molecule has 0 aliphatic rings. The zero-order chi connectivity index (χ0) is 8.20. The average Bonchev–Trinajstić information content (AvgIpc) is 1.81. The molecule has 62 valence electrons. The van der Waals surface area contributed by atoms with Crippen LogP contribution in [0.4, 0.5) is 0 Å². The standard InChI is InChI=1S/C7H16OS2/c1-7(2,3)8-6(9-4)10-5/h6H,1-5H3. The van der Waals surface area contributed by atoms with Crippen molar-refractivity contribution in [2.75, 3.05) is 12.5 Å². The summed E-state index contributed by atoms with van der Waals surface area (Å²) in [4.78, 5) is 0. The van der Waals surface area contributed by atoms with Gasteiger partial charge in [0.15, 0.2) is 0 Å². The summed E-state index contributed by atoms with van der Waals surface area (Å²) in [6.45, 7) is 6.23. The Morgan fingerprint density at radius 1 is 1.10 bits per heavy atom. The number of thioether (sulfide) groups is 2. The molecule has 0 aromatic carbocycles. The second-order valence-electron chi connectivity index (χ2n) is 2.99. The third-order valence-corrected chi connectivity index (χ3v) is 2.95. The first-order chi connectivity index (χ1) is 4.49. The van der Waals surface area contributed by atoms with E-state index in [0.29, 0.717) is 0 Å². The Bertz CT molecular complexity index is 84.1. The zero-order valence-electron chi connectivity index (χ0n) is 7.30. The van der Waals surface area contributed by atoms with Crippen LogP contribution in [0.1, 0.15) is 20.8 Å². The minimum atomic E-state index is -0.0172. The van der Waals surface area contributed by atoms with E-state index < -0.39 is 0 Å². The van der Waals surface area contributed by atoms with Crippen LogP contribution in [-0.4, -0.2) is 22.9 Å². The Balaban J connectivity index is 3.63. The molecule has 0 saturated heterocycles. The van der Waals surface area contributed by atoms with Gasteiger partial charge in [0.25, 0.3) is 0 Å². The molecule has 10 heavy (non-hydrogen) atoms. The molecule has 0 aliphatic carbocycles. The Morgan fingerprint density at radius 2 is 1.50 bits per heavy atom. The van der Waals surface area contributed by atoms with E-state index in [1.165, 1.54) is 0 Å². The highest BCUT2D eigenvalue weighted by Gasteiger charge is 2.16. The first-order valence-electron chi connectivity index (χ1n) is 3.23.